The van der Waals surface area contributed by atoms with Crippen LogP contribution >= 0.6 is 11.6 Å². The Morgan fingerprint density at radius 1 is 1.14 bits per heavy atom. The lowest BCUT2D eigenvalue weighted by atomic mass is 9.96. The first kappa shape index (κ1) is 16.5. The van der Waals surface area contributed by atoms with Crippen molar-refractivity contribution >= 4 is 17.5 Å². The van der Waals surface area contributed by atoms with Crippen molar-refractivity contribution in [2.24, 2.45) is 0 Å². The van der Waals surface area contributed by atoms with Gasteiger partial charge in [-0.3, -0.25) is 4.79 Å². The molecule has 0 radical (unpaired) electrons. The lowest BCUT2D eigenvalue weighted by Gasteiger charge is -2.24. The Labute approximate surface area is 135 Å². The van der Waals surface area contributed by atoms with Crippen molar-refractivity contribution in [2.75, 3.05) is 6.54 Å². The van der Waals surface area contributed by atoms with Crippen LogP contribution in [0.4, 0.5) is 0 Å². The molecule has 1 unspecified atom stereocenters. The highest BCUT2D eigenvalue weighted by Crippen LogP contribution is 2.16. The van der Waals surface area contributed by atoms with Crippen LogP contribution in [-0.2, 0) is 6.42 Å². The van der Waals surface area contributed by atoms with Gasteiger partial charge in [-0.1, -0.05) is 54.1 Å². The highest BCUT2D eigenvalue weighted by atomic mass is 35.5. The summed E-state index contributed by atoms with van der Waals surface area (Å²) in [5.74, 6) is -0.273. The van der Waals surface area contributed by atoms with E-state index in [0.717, 1.165) is 6.42 Å². The van der Waals surface area contributed by atoms with Gasteiger partial charge in [-0.15, -0.1) is 0 Å². The van der Waals surface area contributed by atoms with Crippen LogP contribution in [0, 0.1) is 0 Å². The molecule has 0 bridgehead atoms. The van der Waals surface area contributed by atoms with Crippen LogP contribution < -0.4 is 5.32 Å². The number of aryl methyl sites for hydroxylation is 1. The molecule has 0 aliphatic rings. The number of hydrogen-bond acceptors (Lipinski definition) is 2. The Morgan fingerprint density at radius 3 is 2.45 bits per heavy atom. The van der Waals surface area contributed by atoms with Gasteiger partial charge in [0.2, 0.25) is 0 Å². The second-order valence-electron chi connectivity index (χ2n) is 5.65. The van der Waals surface area contributed by atoms with Gasteiger partial charge in [0.05, 0.1) is 16.2 Å². The minimum absolute atomic E-state index is 0.184. The molecule has 0 fully saturated rings. The Balaban J connectivity index is 1.87. The minimum Gasteiger partial charge on any atom is -0.388 e. The van der Waals surface area contributed by atoms with Gasteiger partial charge in [0.1, 0.15) is 0 Å². The Bertz CT molecular complexity index is 626. The van der Waals surface area contributed by atoms with E-state index < -0.39 is 5.60 Å². The Hall–Kier alpha value is -1.84. The zero-order valence-electron chi connectivity index (χ0n) is 12.6. The van der Waals surface area contributed by atoms with Gasteiger partial charge in [-0.05, 0) is 37.5 Å². The van der Waals surface area contributed by atoms with Crippen LogP contribution in [-0.4, -0.2) is 23.2 Å². The summed E-state index contributed by atoms with van der Waals surface area (Å²) in [4.78, 5) is 12.1. The monoisotopic (exact) mass is 317 g/mol. The molecule has 0 aromatic heterocycles. The molecule has 1 amide bonds. The highest BCUT2D eigenvalue weighted by molar-refractivity contribution is 6.33. The summed E-state index contributed by atoms with van der Waals surface area (Å²) in [6, 6.07) is 16.8. The van der Waals surface area contributed by atoms with E-state index in [1.54, 1.807) is 31.2 Å². The van der Waals surface area contributed by atoms with Gasteiger partial charge in [0.15, 0.2) is 0 Å². The first-order valence-electron chi connectivity index (χ1n) is 7.27. The van der Waals surface area contributed by atoms with Gasteiger partial charge < -0.3 is 10.4 Å². The summed E-state index contributed by atoms with van der Waals surface area (Å²) >= 11 is 5.99. The summed E-state index contributed by atoms with van der Waals surface area (Å²) in [5, 5.41) is 13.5. The lowest BCUT2D eigenvalue weighted by molar-refractivity contribution is 0.0478. The van der Waals surface area contributed by atoms with Gasteiger partial charge in [0, 0.05) is 6.54 Å². The maximum Gasteiger partial charge on any atom is 0.252 e. The average molecular weight is 318 g/mol. The van der Waals surface area contributed by atoms with Gasteiger partial charge in [-0.2, -0.15) is 0 Å². The van der Waals surface area contributed by atoms with Gasteiger partial charge in [-0.25, -0.2) is 0 Å². The maximum atomic E-state index is 12.1. The van der Waals surface area contributed by atoms with E-state index >= 15 is 0 Å². The van der Waals surface area contributed by atoms with Crippen molar-refractivity contribution in [3.05, 3.63) is 70.7 Å². The van der Waals surface area contributed by atoms with Crippen molar-refractivity contribution in [3.8, 4) is 0 Å². The number of amides is 1. The Morgan fingerprint density at radius 2 is 1.77 bits per heavy atom. The van der Waals surface area contributed by atoms with Crippen molar-refractivity contribution in [1.82, 2.24) is 5.32 Å². The predicted molar refractivity (Wildman–Crippen MR) is 89.2 cm³/mol. The van der Waals surface area contributed by atoms with Gasteiger partial charge in [0.25, 0.3) is 5.91 Å². The zero-order chi connectivity index (χ0) is 16.0. The second-order valence-corrected chi connectivity index (χ2v) is 6.05. The molecule has 0 aliphatic heterocycles. The van der Waals surface area contributed by atoms with E-state index in [0.29, 0.717) is 17.0 Å². The molecule has 2 aromatic rings. The quantitative estimate of drug-likeness (QED) is 0.857. The maximum absolute atomic E-state index is 12.1. The van der Waals surface area contributed by atoms with Crippen LogP contribution in [0.3, 0.4) is 0 Å². The number of hydrogen-bond donors (Lipinski definition) is 2. The topological polar surface area (TPSA) is 49.3 Å². The fourth-order valence-electron chi connectivity index (χ4n) is 2.16. The molecule has 0 heterocycles. The molecule has 1 atom stereocenters. The van der Waals surface area contributed by atoms with Crippen molar-refractivity contribution in [3.63, 3.8) is 0 Å². The van der Waals surface area contributed by atoms with Crippen LogP contribution in [0.15, 0.2) is 54.6 Å². The SMILES string of the molecule is CC(O)(CCc1ccccc1)CNC(=O)c1ccccc1Cl. The molecular formula is C18H20ClNO2. The molecule has 22 heavy (non-hydrogen) atoms. The molecule has 116 valence electrons. The van der Waals surface area contributed by atoms with E-state index in [4.69, 9.17) is 11.6 Å². The third-order valence-electron chi connectivity index (χ3n) is 3.54. The van der Waals surface area contributed by atoms with Gasteiger partial charge >= 0.3 is 0 Å². The van der Waals surface area contributed by atoms with E-state index in [-0.39, 0.29) is 12.5 Å². The van der Waals surface area contributed by atoms with E-state index in [1.165, 1.54) is 5.56 Å². The molecule has 2 aromatic carbocycles. The standard InChI is InChI=1S/C18H20ClNO2/c1-18(22,12-11-14-7-3-2-4-8-14)13-20-17(21)15-9-5-6-10-16(15)19/h2-10,22H,11-13H2,1H3,(H,20,21). The molecule has 3 nitrogen and oxygen atoms in total. The van der Waals surface area contributed by atoms with Crippen LogP contribution in [0.5, 0.6) is 0 Å². The first-order valence-corrected chi connectivity index (χ1v) is 7.65. The number of carbonyl (C=O) groups is 1. The van der Waals surface area contributed by atoms with E-state index in [2.05, 4.69) is 5.32 Å². The third kappa shape index (κ3) is 4.86. The number of benzene rings is 2. The number of rotatable bonds is 6. The number of carbonyl (C=O) groups excluding carboxylic acids is 1. The smallest absolute Gasteiger partial charge is 0.252 e. The number of nitrogens with one attached hydrogen (secondary N) is 1. The van der Waals surface area contributed by atoms with Crippen molar-refractivity contribution in [2.45, 2.75) is 25.4 Å². The molecule has 2 rings (SSSR count). The van der Waals surface area contributed by atoms with Crippen LogP contribution in [0.1, 0.15) is 29.3 Å². The normalized spacial score (nSPS) is 13.4. The zero-order valence-corrected chi connectivity index (χ0v) is 13.3. The third-order valence-corrected chi connectivity index (χ3v) is 3.87. The average Bonchev–Trinajstić information content (AvgIpc) is 2.52. The molecular weight excluding hydrogens is 298 g/mol. The Kier molecular flexibility index (Phi) is 5.58. The largest absolute Gasteiger partial charge is 0.388 e. The molecule has 0 saturated carbocycles. The summed E-state index contributed by atoms with van der Waals surface area (Å²) in [7, 11) is 0. The molecule has 0 spiro atoms. The highest BCUT2D eigenvalue weighted by Gasteiger charge is 2.21. The lowest BCUT2D eigenvalue weighted by Crippen LogP contribution is -2.41. The summed E-state index contributed by atoms with van der Waals surface area (Å²) < 4.78 is 0. The molecule has 0 saturated heterocycles. The fourth-order valence-corrected chi connectivity index (χ4v) is 2.38. The molecule has 4 heteroatoms. The van der Waals surface area contributed by atoms with E-state index in [9.17, 15) is 9.90 Å². The number of halogens is 1. The minimum atomic E-state index is -0.966. The van der Waals surface area contributed by atoms with Crippen LogP contribution in [0.25, 0.3) is 0 Å². The summed E-state index contributed by atoms with van der Waals surface area (Å²) in [6.07, 6.45) is 1.33. The van der Waals surface area contributed by atoms with Crippen LogP contribution in [0.2, 0.25) is 5.02 Å². The van der Waals surface area contributed by atoms with Crippen molar-refractivity contribution < 1.29 is 9.90 Å². The first-order chi connectivity index (χ1) is 10.5. The van der Waals surface area contributed by atoms with Crippen molar-refractivity contribution in [1.29, 1.82) is 0 Å². The fraction of sp³-hybridized carbons (Fsp3) is 0.278. The predicted octanol–water partition coefficient (Wildman–Crippen LogP) is 3.45. The summed E-state index contributed by atoms with van der Waals surface area (Å²) in [6.45, 7) is 1.91. The van der Waals surface area contributed by atoms with E-state index in [1.807, 2.05) is 30.3 Å². The molecule has 0 aliphatic carbocycles. The summed E-state index contributed by atoms with van der Waals surface area (Å²) in [5.41, 5.74) is 0.621. The number of aliphatic hydroxyl groups is 1. The second kappa shape index (κ2) is 7.43. The molecule has 2 N–H and O–H groups in total.